The van der Waals surface area contributed by atoms with Crippen molar-refractivity contribution in [3.8, 4) is 11.1 Å². The highest BCUT2D eigenvalue weighted by atomic mass is 16.5. The molecule has 0 aromatic carbocycles. The molecule has 5 rings (SSSR count). The lowest BCUT2D eigenvalue weighted by molar-refractivity contribution is 0.181. The van der Waals surface area contributed by atoms with Gasteiger partial charge >= 0.3 is 0 Å². The fraction of sp³-hybridized carbons (Fsp3) is 0.261. The van der Waals surface area contributed by atoms with Crippen molar-refractivity contribution in [3.63, 3.8) is 0 Å². The van der Waals surface area contributed by atoms with E-state index < -0.39 is 0 Å². The minimum Gasteiger partial charge on any atom is -0.378 e. The number of aromatic nitrogens is 5. The summed E-state index contributed by atoms with van der Waals surface area (Å²) in [4.78, 5) is 28.2. The van der Waals surface area contributed by atoms with Gasteiger partial charge in [0.2, 0.25) is 0 Å². The van der Waals surface area contributed by atoms with Crippen LogP contribution in [-0.4, -0.2) is 38.2 Å². The number of methoxy groups -OCH3 is 1. The Hall–Kier alpha value is -3.65. The third-order valence-corrected chi connectivity index (χ3v) is 5.49. The van der Waals surface area contributed by atoms with Crippen LogP contribution in [0.25, 0.3) is 16.8 Å². The molecule has 1 aliphatic rings. The number of aryl methyl sites for hydroxylation is 1. The molecule has 4 aromatic rings. The van der Waals surface area contributed by atoms with Gasteiger partial charge in [-0.3, -0.25) is 14.8 Å². The molecule has 4 aromatic heterocycles. The van der Waals surface area contributed by atoms with Crippen molar-refractivity contribution in [2.75, 3.05) is 18.6 Å². The molecule has 0 aliphatic carbocycles. The molecule has 0 radical (unpaired) electrons. The molecule has 0 N–H and O–H groups in total. The summed E-state index contributed by atoms with van der Waals surface area (Å²) in [7, 11) is 1.58. The number of nitrogens with zero attached hydrogens (tertiary/aromatic N) is 6. The lowest BCUT2D eigenvalue weighted by atomic mass is 10.0. The molecule has 0 fully saturated rings. The Kier molecular flexibility index (Phi) is 4.91. The number of hydrogen-bond donors (Lipinski definition) is 0. The third kappa shape index (κ3) is 3.66. The Morgan fingerprint density at radius 3 is 2.87 bits per heavy atom. The lowest BCUT2D eigenvalue weighted by Crippen LogP contribution is -2.33. The van der Waals surface area contributed by atoms with Crippen LogP contribution in [0.4, 0.5) is 5.82 Å². The van der Waals surface area contributed by atoms with Crippen LogP contribution < -0.4 is 10.5 Å². The number of ether oxygens (including phenoxy) is 1. The van der Waals surface area contributed by atoms with Crippen LogP contribution in [0, 0.1) is 6.92 Å². The molecule has 8 heteroatoms. The SMILES string of the molecule is COCc1cc(=O)n2nc(N3CCc4ncc(-c5cccnc5)cc4C3)c(C)cc2n1. The van der Waals surface area contributed by atoms with Gasteiger partial charge in [0.1, 0.15) is 0 Å². The summed E-state index contributed by atoms with van der Waals surface area (Å²) in [5, 5.41) is 4.65. The van der Waals surface area contributed by atoms with Gasteiger partial charge in [0.25, 0.3) is 5.56 Å². The largest absolute Gasteiger partial charge is 0.378 e. The fourth-order valence-electron chi connectivity index (χ4n) is 4.00. The molecule has 8 nitrogen and oxygen atoms in total. The smallest absolute Gasteiger partial charge is 0.274 e. The summed E-state index contributed by atoms with van der Waals surface area (Å²) in [6.07, 6.45) is 6.34. The van der Waals surface area contributed by atoms with E-state index in [1.165, 1.54) is 10.6 Å². The van der Waals surface area contributed by atoms with E-state index in [1.54, 1.807) is 13.3 Å². The van der Waals surface area contributed by atoms with E-state index in [2.05, 4.69) is 31.0 Å². The maximum Gasteiger partial charge on any atom is 0.274 e. The number of pyridine rings is 2. The summed E-state index contributed by atoms with van der Waals surface area (Å²) < 4.78 is 6.47. The fourth-order valence-corrected chi connectivity index (χ4v) is 4.00. The first-order chi connectivity index (χ1) is 15.1. The molecular formula is C23H22N6O2. The minimum atomic E-state index is -0.212. The summed E-state index contributed by atoms with van der Waals surface area (Å²) in [5.74, 6) is 0.785. The van der Waals surface area contributed by atoms with Gasteiger partial charge in [-0.2, -0.15) is 4.52 Å². The maximum atomic E-state index is 12.6. The normalized spacial score (nSPS) is 13.4. The molecule has 1 aliphatic heterocycles. The van der Waals surface area contributed by atoms with Gasteiger partial charge in [-0.1, -0.05) is 6.07 Å². The molecule has 0 saturated heterocycles. The number of fused-ring (bicyclic) bond motifs is 2. The van der Waals surface area contributed by atoms with E-state index in [0.29, 0.717) is 24.5 Å². The standard InChI is InChI=1S/C23H22N6O2/c1-15-8-21-26-19(14-31-2)10-22(30)29(21)27-23(15)28-7-5-20-18(13-28)9-17(12-25-20)16-4-3-6-24-11-16/h3-4,6,8-12H,5,7,13-14H2,1-2H3. The summed E-state index contributed by atoms with van der Waals surface area (Å²) in [5.41, 5.74) is 6.24. The lowest BCUT2D eigenvalue weighted by Gasteiger charge is -2.30. The van der Waals surface area contributed by atoms with Crippen LogP contribution in [0.2, 0.25) is 0 Å². The number of hydrogen-bond acceptors (Lipinski definition) is 7. The Morgan fingerprint density at radius 2 is 2.06 bits per heavy atom. The highest BCUT2D eigenvalue weighted by Gasteiger charge is 2.21. The highest BCUT2D eigenvalue weighted by molar-refractivity contribution is 5.63. The summed E-state index contributed by atoms with van der Waals surface area (Å²) >= 11 is 0. The Balaban J connectivity index is 1.51. The molecule has 0 bridgehead atoms. The summed E-state index contributed by atoms with van der Waals surface area (Å²) in [6.45, 7) is 3.76. The minimum absolute atomic E-state index is 0.212. The third-order valence-electron chi connectivity index (χ3n) is 5.49. The van der Waals surface area contributed by atoms with Gasteiger partial charge in [-0.25, -0.2) is 4.98 Å². The molecule has 0 amide bonds. The predicted octanol–water partition coefficient (Wildman–Crippen LogP) is 2.56. The first-order valence-electron chi connectivity index (χ1n) is 10.1. The first-order valence-corrected chi connectivity index (χ1v) is 10.1. The van der Waals surface area contributed by atoms with Crippen molar-refractivity contribution in [3.05, 3.63) is 81.8 Å². The maximum absolute atomic E-state index is 12.6. The zero-order chi connectivity index (χ0) is 21.4. The molecule has 5 heterocycles. The van der Waals surface area contributed by atoms with Gasteiger partial charge in [-0.15, -0.1) is 5.10 Å². The van der Waals surface area contributed by atoms with E-state index in [-0.39, 0.29) is 5.56 Å². The molecular weight excluding hydrogens is 392 g/mol. The Labute approximate surface area is 179 Å². The van der Waals surface area contributed by atoms with Crippen LogP contribution in [0.15, 0.2) is 53.7 Å². The van der Waals surface area contributed by atoms with E-state index in [1.807, 2.05) is 37.5 Å². The van der Waals surface area contributed by atoms with Crippen LogP contribution >= 0.6 is 0 Å². The van der Waals surface area contributed by atoms with Crippen molar-refractivity contribution in [1.82, 2.24) is 24.6 Å². The average Bonchev–Trinajstić information content (AvgIpc) is 2.79. The molecule has 156 valence electrons. The van der Waals surface area contributed by atoms with Crippen molar-refractivity contribution >= 4 is 11.5 Å². The zero-order valence-electron chi connectivity index (χ0n) is 17.4. The quantitative estimate of drug-likeness (QED) is 0.507. The monoisotopic (exact) mass is 414 g/mol. The van der Waals surface area contributed by atoms with Crippen LogP contribution in [0.1, 0.15) is 22.5 Å². The molecule has 0 spiro atoms. The van der Waals surface area contributed by atoms with E-state index in [9.17, 15) is 4.79 Å². The van der Waals surface area contributed by atoms with Crippen LogP contribution in [-0.2, 0) is 24.3 Å². The van der Waals surface area contributed by atoms with Gasteiger partial charge in [-0.05, 0) is 36.2 Å². The van der Waals surface area contributed by atoms with Crippen molar-refractivity contribution < 1.29 is 4.74 Å². The molecule has 31 heavy (non-hydrogen) atoms. The van der Waals surface area contributed by atoms with Gasteiger partial charge in [0.05, 0.1) is 12.3 Å². The first kappa shape index (κ1) is 19.3. The van der Waals surface area contributed by atoms with E-state index >= 15 is 0 Å². The topological polar surface area (TPSA) is 85.5 Å². The number of rotatable bonds is 4. The predicted molar refractivity (Wildman–Crippen MR) is 117 cm³/mol. The average molecular weight is 414 g/mol. The summed E-state index contributed by atoms with van der Waals surface area (Å²) in [6, 6.07) is 9.50. The van der Waals surface area contributed by atoms with Crippen LogP contribution in [0.3, 0.4) is 0 Å². The molecule has 0 unspecified atom stereocenters. The second-order valence-corrected chi connectivity index (χ2v) is 7.68. The number of anilines is 1. The van der Waals surface area contributed by atoms with Crippen molar-refractivity contribution in [2.24, 2.45) is 0 Å². The second kappa shape index (κ2) is 7.88. The van der Waals surface area contributed by atoms with Crippen LogP contribution in [0.5, 0.6) is 0 Å². The second-order valence-electron chi connectivity index (χ2n) is 7.68. The van der Waals surface area contributed by atoms with Gasteiger partial charge < -0.3 is 9.64 Å². The van der Waals surface area contributed by atoms with Gasteiger partial charge in [0, 0.05) is 68.1 Å². The van der Waals surface area contributed by atoms with E-state index in [0.717, 1.165) is 46.7 Å². The highest BCUT2D eigenvalue weighted by Crippen LogP contribution is 2.27. The Morgan fingerprint density at radius 1 is 1.16 bits per heavy atom. The molecule has 0 saturated carbocycles. The van der Waals surface area contributed by atoms with Crippen molar-refractivity contribution in [2.45, 2.75) is 26.5 Å². The van der Waals surface area contributed by atoms with Crippen molar-refractivity contribution in [1.29, 1.82) is 0 Å². The zero-order valence-corrected chi connectivity index (χ0v) is 17.4. The van der Waals surface area contributed by atoms with E-state index in [4.69, 9.17) is 4.74 Å². The van der Waals surface area contributed by atoms with Gasteiger partial charge in [0.15, 0.2) is 11.5 Å². The molecule has 0 atom stereocenters. The Bertz CT molecular complexity index is 1320.